The maximum atomic E-state index is 12.0. The molecule has 21 heavy (non-hydrogen) atoms. The second-order valence-corrected chi connectivity index (χ2v) is 7.14. The lowest BCUT2D eigenvalue weighted by molar-refractivity contribution is -0.132. The van der Waals surface area contributed by atoms with Crippen LogP contribution in [0.1, 0.15) is 65.2 Å². The van der Waals surface area contributed by atoms with E-state index in [1.165, 1.54) is 6.42 Å². The Morgan fingerprint density at radius 1 is 1.38 bits per heavy atom. The molecule has 120 valence electrons. The largest absolute Gasteiger partial charge is 0.513 e. The van der Waals surface area contributed by atoms with Crippen LogP contribution in [-0.2, 0) is 13.9 Å². The minimum absolute atomic E-state index is 0.0254. The van der Waals surface area contributed by atoms with Gasteiger partial charge < -0.3 is 5.11 Å². The molecule has 2 atom stereocenters. The second kappa shape index (κ2) is 10.1. The lowest BCUT2D eigenvalue weighted by atomic mass is 9.88. The van der Waals surface area contributed by atoms with Crippen LogP contribution in [0.3, 0.4) is 0 Å². The zero-order chi connectivity index (χ0) is 15.7. The third-order valence-electron chi connectivity index (χ3n) is 3.92. The Hall–Kier alpha value is -0.730. The number of carboxylic acids is 1. The van der Waals surface area contributed by atoms with Crippen molar-refractivity contribution in [3.8, 4) is 0 Å². The molecule has 5 heteroatoms. The SMILES string of the molecule is CCCCC(C)O[P+](=O)CC(=CC1CCCCC1)C(=O)O. The van der Waals surface area contributed by atoms with Crippen molar-refractivity contribution in [2.45, 2.75) is 71.3 Å². The second-order valence-electron chi connectivity index (χ2n) is 5.94. The summed E-state index contributed by atoms with van der Waals surface area (Å²) in [5.41, 5.74) is 0.255. The van der Waals surface area contributed by atoms with Crippen molar-refractivity contribution in [3.05, 3.63) is 11.6 Å². The highest BCUT2D eigenvalue weighted by atomic mass is 31.1. The molecule has 1 aliphatic rings. The molecule has 0 saturated heterocycles. The molecule has 0 aromatic heterocycles. The fraction of sp³-hybridized carbons (Fsp3) is 0.812. The molecule has 0 radical (unpaired) electrons. The standard InChI is InChI=1S/C16H27O4P/c1-3-4-8-13(2)20-21(19)12-15(16(17)18)11-14-9-6-5-7-10-14/h11,13-14H,3-10,12H2,1-2H3/p+1. The lowest BCUT2D eigenvalue weighted by Gasteiger charge is -2.18. The van der Waals surface area contributed by atoms with Gasteiger partial charge in [-0.1, -0.05) is 45.1 Å². The lowest BCUT2D eigenvalue weighted by Crippen LogP contribution is -2.11. The van der Waals surface area contributed by atoms with Gasteiger partial charge in [0.25, 0.3) is 0 Å². The van der Waals surface area contributed by atoms with Gasteiger partial charge in [0.2, 0.25) is 6.16 Å². The monoisotopic (exact) mass is 315 g/mol. The molecule has 1 aliphatic carbocycles. The van der Waals surface area contributed by atoms with E-state index in [9.17, 15) is 14.5 Å². The number of aliphatic carboxylic acids is 1. The number of allylic oxidation sites excluding steroid dienone is 1. The molecule has 2 unspecified atom stereocenters. The molecule has 1 N–H and O–H groups in total. The third-order valence-corrected chi connectivity index (χ3v) is 5.12. The molecule has 1 rings (SSSR count). The van der Waals surface area contributed by atoms with Gasteiger partial charge in [-0.25, -0.2) is 4.79 Å². The first-order valence-electron chi connectivity index (χ1n) is 8.08. The fourth-order valence-corrected chi connectivity index (χ4v) is 3.80. The normalized spacial score (nSPS) is 19.3. The van der Waals surface area contributed by atoms with Gasteiger partial charge in [0.15, 0.2) is 0 Å². The van der Waals surface area contributed by atoms with E-state index in [-0.39, 0.29) is 17.8 Å². The zero-order valence-electron chi connectivity index (χ0n) is 13.2. The Kier molecular flexibility index (Phi) is 8.79. The topological polar surface area (TPSA) is 63.6 Å². The van der Waals surface area contributed by atoms with Crippen LogP contribution in [0.25, 0.3) is 0 Å². The minimum Gasteiger partial charge on any atom is -0.478 e. The van der Waals surface area contributed by atoms with Crippen LogP contribution in [0, 0.1) is 5.92 Å². The van der Waals surface area contributed by atoms with Crippen LogP contribution < -0.4 is 0 Å². The smallest absolute Gasteiger partial charge is 0.478 e. The highest BCUT2D eigenvalue weighted by Crippen LogP contribution is 2.31. The van der Waals surface area contributed by atoms with Crippen LogP contribution in [0.2, 0.25) is 0 Å². The minimum atomic E-state index is -1.93. The van der Waals surface area contributed by atoms with Crippen LogP contribution >= 0.6 is 8.03 Å². The quantitative estimate of drug-likeness (QED) is 0.485. The highest BCUT2D eigenvalue weighted by molar-refractivity contribution is 7.39. The molecular weight excluding hydrogens is 287 g/mol. The first-order chi connectivity index (χ1) is 10.0. The Morgan fingerprint density at radius 3 is 2.62 bits per heavy atom. The molecule has 4 nitrogen and oxygen atoms in total. The number of carboxylic acid groups (broad SMARTS) is 1. The molecule has 1 fully saturated rings. The molecule has 0 aromatic carbocycles. The average Bonchev–Trinajstić information content (AvgIpc) is 2.45. The molecule has 0 spiro atoms. The Balaban J connectivity index is 2.51. The van der Waals surface area contributed by atoms with Gasteiger partial charge in [-0.05, 0) is 36.7 Å². The average molecular weight is 315 g/mol. The van der Waals surface area contributed by atoms with E-state index in [2.05, 4.69) is 6.92 Å². The van der Waals surface area contributed by atoms with Gasteiger partial charge in [-0.15, -0.1) is 4.52 Å². The van der Waals surface area contributed by atoms with E-state index in [0.29, 0.717) is 5.92 Å². The summed E-state index contributed by atoms with van der Waals surface area (Å²) in [4.78, 5) is 11.3. The van der Waals surface area contributed by atoms with Crippen LogP contribution in [0.4, 0.5) is 0 Å². The van der Waals surface area contributed by atoms with Crippen LogP contribution in [0.15, 0.2) is 11.6 Å². The Morgan fingerprint density at radius 2 is 2.05 bits per heavy atom. The first kappa shape index (κ1) is 18.3. The molecule has 0 heterocycles. The number of hydrogen-bond donors (Lipinski definition) is 1. The summed E-state index contributed by atoms with van der Waals surface area (Å²) in [7, 11) is -1.93. The summed E-state index contributed by atoms with van der Waals surface area (Å²) in [6.45, 7) is 4.00. The van der Waals surface area contributed by atoms with Gasteiger partial charge >= 0.3 is 14.0 Å². The summed E-state index contributed by atoms with van der Waals surface area (Å²) in [6.07, 6.45) is 10.4. The van der Waals surface area contributed by atoms with Crippen molar-refractivity contribution in [1.29, 1.82) is 0 Å². The van der Waals surface area contributed by atoms with E-state index < -0.39 is 14.0 Å². The van der Waals surface area contributed by atoms with E-state index in [1.54, 1.807) is 0 Å². The first-order valence-corrected chi connectivity index (χ1v) is 9.44. The van der Waals surface area contributed by atoms with Crippen molar-refractivity contribution in [3.63, 3.8) is 0 Å². The zero-order valence-corrected chi connectivity index (χ0v) is 14.1. The number of hydrogen-bond acceptors (Lipinski definition) is 3. The molecule has 0 amide bonds. The molecule has 0 bridgehead atoms. The summed E-state index contributed by atoms with van der Waals surface area (Å²) >= 11 is 0. The molecule has 0 aliphatic heterocycles. The van der Waals surface area contributed by atoms with Crippen LogP contribution in [0.5, 0.6) is 0 Å². The van der Waals surface area contributed by atoms with Crippen molar-refractivity contribution < 1.29 is 19.0 Å². The van der Waals surface area contributed by atoms with Gasteiger partial charge in [0, 0.05) is 0 Å². The van der Waals surface area contributed by atoms with Gasteiger partial charge in [0.05, 0.1) is 5.57 Å². The molecule has 0 aromatic rings. The summed E-state index contributed by atoms with van der Waals surface area (Å²) in [6, 6.07) is 0. The third kappa shape index (κ3) is 7.73. The predicted octanol–water partition coefficient (Wildman–Crippen LogP) is 4.92. The molecule has 1 saturated carbocycles. The van der Waals surface area contributed by atoms with Crippen molar-refractivity contribution in [1.82, 2.24) is 0 Å². The van der Waals surface area contributed by atoms with E-state index in [4.69, 9.17) is 4.52 Å². The number of unbranched alkanes of at least 4 members (excludes halogenated alkanes) is 1. The van der Waals surface area contributed by atoms with E-state index >= 15 is 0 Å². The van der Waals surface area contributed by atoms with Gasteiger partial charge in [-0.3, -0.25) is 0 Å². The maximum Gasteiger partial charge on any atom is 0.513 e. The number of rotatable bonds is 9. The van der Waals surface area contributed by atoms with E-state index in [0.717, 1.165) is 44.9 Å². The maximum absolute atomic E-state index is 12.0. The summed E-state index contributed by atoms with van der Waals surface area (Å²) in [5.74, 6) is -0.639. The summed E-state index contributed by atoms with van der Waals surface area (Å²) in [5, 5.41) is 9.28. The Labute approximate surface area is 128 Å². The Bertz CT molecular complexity index is 372. The van der Waals surface area contributed by atoms with Crippen molar-refractivity contribution in [2.75, 3.05) is 6.16 Å². The fourth-order valence-electron chi connectivity index (χ4n) is 2.70. The van der Waals surface area contributed by atoms with Crippen molar-refractivity contribution >= 4 is 14.0 Å². The van der Waals surface area contributed by atoms with Gasteiger partial charge in [-0.2, -0.15) is 0 Å². The number of carbonyl (C=O) groups is 1. The predicted molar refractivity (Wildman–Crippen MR) is 84.8 cm³/mol. The van der Waals surface area contributed by atoms with Crippen molar-refractivity contribution in [2.24, 2.45) is 5.92 Å². The molecular formula is C16H28O4P+. The van der Waals surface area contributed by atoms with Gasteiger partial charge in [0.1, 0.15) is 6.10 Å². The summed E-state index contributed by atoms with van der Waals surface area (Å²) < 4.78 is 17.4. The van der Waals surface area contributed by atoms with Crippen LogP contribution in [-0.4, -0.2) is 23.3 Å². The highest BCUT2D eigenvalue weighted by Gasteiger charge is 2.28. The van der Waals surface area contributed by atoms with E-state index in [1.807, 2.05) is 13.0 Å².